The Bertz CT molecular complexity index is 1050. The standard InChI is InChI=1S/C22H18N2O3/c25-17-8-5-12-3-1-2-4-13(12)14(17)11-23-24-20(26)18-15-6-7-16(19(18)21(24)27)22(15)9-10-22/h1-8,11,15-16,18-19,25H,9-10H2/b23-11-/t15-,16+,18-,19+. The fourth-order valence-corrected chi connectivity index (χ4v) is 5.71. The molecule has 1 heterocycles. The fourth-order valence-electron chi connectivity index (χ4n) is 5.71. The van der Waals surface area contributed by atoms with Crippen LogP contribution in [0.2, 0.25) is 0 Å². The number of aromatic hydroxyl groups is 1. The molecule has 0 aromatic heterocycles. The second-order valence-electron chi connectivity index (χ2n) is 8.17. The average molecular weight is 358 g/mol. The first-order valence-electron chi connectivity index (χ1n) is 9.43. The van der Waals surface area contributed by atoms with Crippen LogP contribution in [0.15, 0.2) is 53.7 Å². The summed E-state index contributed by atoms with van der Waals surface area (Å²) in [4.78, 5) is 25.9. The van der Waals surface area contributed by atoms with Gasteiger partial charge in [-0.25, -0.2) is 0 Å². The molecule has 134 valence electrons. The molecule has 6 rings (SSSR count). The summed E-state index contributed by atoms with van der Waals surface area (Å²) in [5.74, 6) is -0.435. The number of hydrogen-bond donors (Lipinski definition) is 1. The summed E-state index contributed by atoms with van der Waals surface area (Å²) < 4.78 is 0. The minimum Gasteiger partial charge on any atom is -0.507 e. The molecule has 2 aromatic rings. The third kappa shape index (κ3) is 1.77. The van der Waals surface area contributed by atoms with Gasteiger partial charge in [0.15, 0.2) is 0 Å². The number of phenols is 1. The molecule has 27 heavy (non-hydrogen) atoms. The second kappa shape index (κ2) is 4.85. The number of hydrazone groups is 1. The Balaban J connectivity index is 1.37. The summed E-state index contributed by atoms with van der Waals surface area (Å²) >= 11 is 0. The first-order valence-corrected chi connectivity index (χ1v) is 9.43. The van der Waals surface area contributed by atoms with Crippen molar-refractivity contribution in [1.29, 1.82) is 0 Å². The largest absolute Gasteiger partial charge is 0.507 e. The van der Waals surface area contributed by atoms with E-state index in [0.717, 1.165) is 28.6 Å². The van der Waals surface area contributed by atoms with Crippen LogP contribution in [0.25, 0.3) is 10.8 Å². The Hall–Kier alpha value is -2.95. The van der Waals surface area contributed by atoms with Crippen LogP contribution in [0.5, 0.6) is 5.75 Å². The van der Waals surface area contributed by atoms with Gasteiger partial charge in [0.05, 0.1) is 18.1 Å². The third-order valence-electron chi connectivity index (χ3n) is 7.08. The molecule has 0 unspecified atom stereocenters. The normalized spacial score (nSPS) is 32.4. The van der Waals surface area contributed by atoms with Crippen LogP contribution in [-0.4, -0.2) is 28.1 Å². The lowest BCUT2D eigenvalue weighted by Gasteiger charge is -2.18. The molecule has 2 aromatic carbocycles. The van der Waals surface area contributed by atoms with Crippen molar-refractivity contribution in [3.63, 3.8) is 0 Å². The van der Waals surface area contributed by atoms with Crippen LogP contribution in [0.4, 0.5) is 0 Å². The lowest BCUT2D eigenvalue weighted by Crippen LogP contribution is -2.30. The fraction of sp³-hybridized carbons (Fsp3) is 0.318. The van der Waals surface area contributed by atoms with E-state index in [1.807, 2.05) is 30.3 Å². The van der Waals surface area contributed by atoms with Gasteiger partial charge in [0.25, 0.3) is 11.8 Å². The average Bonchev–Trinajstić information content (AvgIpc) is 3.28. The third-order valence-corrected chi connectivity index (χ3v) is 7.08. The van der Waals surface area contributed by atoms with Gasteiger partial charge < -0.3 is 5.11 Å². The van der Waals surface area contributed by atoms with E-state index >= 15 is 0 Å². The SMILES string of the molecule is O=C1[C@@H]2[C@H](C(=O)N1/N=C\c1c(O)ccc3ccccc13)[C@H]1C=C[C@@H]2C12CC2. The van der Waals surface area contributed by atoms with Crippen molar-refractivity contribution in [2.24, 2.45) is 34.2 Å². The lowest BCUT2D eigenvalue weighted by molar-refractivity contribution is -0.141. The Morgan fingerprint density at radius 1 is 1.00 bits per heavy atom. The molecule has 1 saturated heterocycles. The maximum atomic E-state index is 13.0. The molecule has 5 heteroatoms. The minimum atomic E-state index is -0.256. The van der Waals surface area contributed by atoms with Crippen molar-refractivity contribution in [3.05, 3.63) is 54.1 Å². The molecule has 4 atom stereocenters. The molecule has 3 fully saturated rings. The maximum absolute atomic E-state index is 13.0. The van der Waals surface area contributed by atoms with E-state index in [-0.39, 0.29) is 46.7 Å². The molecule has 4 aliphatic rings. The second-order valence-corrected chi connectivity index (χ2v) is 8.17. The number of phenolic OH excluding ortho intramolecular Hbond substituents is 1. The van der Waals surface area contributed by atoms with Crippen LogP contribution in [0, 0.1) is 29.1 Å². The molecule has 1 spiro atoms. The van der Waals surface area contributed by atoms with Crippen molar-refractivity contribution < 1.29 is 14.7 Å². The van der Waals surface area contributed by atoms with Gasteiger partial charge in [-0.15, -0.1) is 0 Å². The van der Waals surface area contributed by atoms with Crippen LogP contribution in [-0.2, 0) is 9.59 Å². The minimum absolute atomic E-state index is 0.0791. The number of hydrogen-bond acceptors (Lipinski definition) is 4. The van der Waals surface area contributed by atoms with Crippen molar-refractivity contribution in [1.82, 2.24) is 5.01 Å². The summed E-state index contributed by atoms with van der Waals surface area (Å²) in [7, 11) is 0. The Morgan fingerprint density at radius 3 is 2.33 bits per heavy atom. The number of benzene rings is 2. The Kier molecular flexibility index (Phi) is 2.72. The maximum Gasteiger partial charge on any atom is 0.254 e. The van der Waals surface area contributed by atoms with Gasteiger partial charge in [0, 0.05) is 5.56 Å². The monoisotopic (exact) mass is 358 g/mol. The molecule has 1 aliphatic heterocycles. The van der Waals surface area contributed by atoms with Gasteiger partial charge in [0.2, 0.25) is 0 Å². The van der Waals surface area contributed by atoms with Gasteiger partial charge >= 0.3 is 0 Å². The highest BCUT2D eigenvalue weighted by atomic mass is 16.3. The molecule has 0 radical (unpaired) electrons. The summed E-state index contributed by atoms with van der Waals surface area (Å²) in [6.45, 7) is 0. The first kappa shape index (κ1) is 15.1. The zero-order valence-corrected chi connectivity index (χ0v) is 14.6. The topological polar surface area (TPSA) is 70.0 Å². The predicted molar refractivity (Wildman–Crippen MR) is 99.8 cm³/mol. The number of allylic oxidation sites excluding steroid dienone is 2. The van der Waals surface area contributed by atoms with Crippen molar-refractivity contribution in [2.45, 2.75) is 12.8 Å². The number of imide groups is 1. The molecule has 3 aliphatic carbocycles. The van der Waals surface area contributed by atoms with E-state index in [1.54, 1.807) is 6.07 Å². The van der Waals surface area contributed by atoms with Gasteiger partial charge in [-0.1, -0.05) is 42.5 Å². The number of rotatable bonds is 2. The van der Waals surface area contributed by atoms with Crippen LogP contribution in [0.1, 0.15) is 18.4 Å². The van der Waals surface area contributed by atoms with Gasteiger partial charge in [-0.3, -0.25) is 9.59 Å². The van der Waals surface area contributed by atoms with Crippen LogP contribution < -0.4 is 0 Å². The number of carbonyl (C=O) groups is 2. The quantitative estimate of drug-likeness (QED) is 0.510. The van der Waals surface area contributed by atoms with Gasteiger partial charge in [-0.2, -0.15) is 10.1 Å². The van der Waals surface area contributed by atoms with E-state index < -0.39 is 0 Å². The number of fused-ring (bicyclic) bond motifs is 4. The zero-order chi connectivity index (χ0) is 18.3. The molecule has 2 saturated carbocycles. The van der Waals surface area contributed by atoms with Crippen LogP contribution in [0.3, 0.4) is 0 Å². The molecule has 2 amide bonds. The van der Waals surface area contributed by atoms with Gasteiger partial charge in [0.1, 0.15) is 5.75 Å². The van der Waals surface area contributed by atoms with E-state index in [0.29, 0.717) is 5.56 Å². The van der Waals surface area contributed by atoms with Crippen molar-refractivity contribution in [2.75, 3.05) is 0 Å². The molecular formula is C22H18N2O3. The Labute approximate surface area is 156 Å². The number of amides is 2. The molecular weight excluding hydrogens is 340 g/mol. The van der Waals surface area contributed by atoms with Crippen molar-refractivity contribution in [3.8, 4) is 5.75 Å². The summed E-state index contributed by atoms with van der Waals surface area (Å²) in [6.07, 6.45) is 7.98. The lowest BCUT2D eigenvalue weighted by atomic mass is 9.85. The Morgan fingerprint density at radius 2 is 1.67 bits per heavy atom. The molecule has 5 nitrogen and oxygen atoms in total. The predicted octanol–water partition coefficient (Wildman–Crippen LogP) is 3.08. The van der Waals surface area contributed by atoms with Crippen molar-refractivity contribution >= 4 is 28.8 Å². The molecule has 2 bridgehead atoms. The number of nitrogens with zero attached hydrogens (tertiary/aromatic N) is 2. The van der Waals surface area contributed by atoms with E-state index in [9.17, 15) is 14.7 Å². The summed E-state index contributed by atoms with van der Waals surface area (Å²) in [5.41, 5.74) is 0.704. The highest BCUT2D eigenvalue weighted by Gasteiger charge is 2.73. The van der Waals surface area contributed by atoms with Crippen LogP contribution >= 0.6 is 0 Å². The molecule has 1 N–H and O–H groups in total. The summed E-state index contributed by atoms with van der Waals surface area (Å²) in [6, 6.07) is 11.1. The first-order chi connectivity index (χ1) is 13.1. The zero-order valence-electron chi connectivity index (χ0n) is 14.6. The smallest absolute Gasteiger partial charge is 0.254 e. The van der Waals surface area contributed by atoms with E-state index in [4.69, 9.17) is 0 Å². The highest BCUT2D eigenvalue weighted by Crippen LogP contribution is 2.73. The summed E-state index contributed by atoms with van der Waals surface area (Å²) in [5, 5.41) is 17.3. The highest BCUT2D eigenvalue weighted by molar-refractivity contribution is 6.08. The van der Waals surface area contributed by atoms with E-state index in [2.05, 4.69) is 17.3 Å². The van der Waals surface area contributed by atoms with Gasteiger partial charge in [-0.05, 0) is 46.9 Å². The van der Waals surface area contributed by atoms with E-state index in [1.165, 1.54) is 6.21 Å². The number of carbonyl (C=O) groups excluding carboxylic acids is 2.